The lowest BCUT2D eigenvalue weighted by molar-refractivity contribution is -0.115. The van der Waals surface area contributed by atoms with Crippen LogP contribution in [-0.2, 0) is 9.53 Å². The first-order chi connectivity index (χ1) is 13.8. The molecule has 7 nitrogen and oxygen atoms in total. The maximum absolute atomic E-state index is 13.6. The van der Waals surface area contributed by atoms with Crippen molar-refractivity contribution >= 4 is 17.6 Å². The number of morpholine rings is 1. The molecule has 1 unspecified atom stereocenters. The molecule has 0 spiro atoms. The number of guanidine groups is 1. The van der Waals surface area contributed by atoms with Crippen molar-refractivity contribution in [3.8, 4) is 0 Å². The zero-order chi connectivity index (χ0) is 21.4. The summed E-state index contributed by atoms with van der Waals surface area (Å²) >= 11 is 0. The van der Waals surface area contributed by atoms with E-state index in [1.54, 1.807) is 7.05 Å². The fourth-order valence-electron chi connectivity index (χ4n) is 3.00. The summed E-state index contributed by atoms with van der Waals surface area (Å²) in [5.74, 6) is -4.08. The van der Waals surface area contributed by atoms with Crippen LogP contribution in [-0.4, -0.2) is 69.2 Å². The molecule has 1 saturated heterocycles. The Bertz CT molecular complexity index is 730. The normalized spacial score (nSPS) is 18.0. The van der Waals surface area contributed by atoms with Crippen LogP contribution in [0.5, 0.6) is 0 Å². The number of hydrogen-bond acceptors (Lipinski definition) is 4. The second-order valence-corrected chi connectivity index (χ2v) is 7.22. The van der Waals surface area contributed by atoms with Crippen LogP contribution >= 0.6 is 0 Å². The Morgan fingerprint density at radius 2 is 2.03 bits per heavy atom. The first kappa shape index (κ1) is 23.0. The van der Waals surface area contributed by atoms with Crippen LogP contribution in [0.1, 0.15) is 13.8 Å². The second kappa shape index (κ2) is 11.0. The highest BCUT2D eigenvalue weighted by atomic mass is 19.2. The maximum atomic E-state index is 13.6. The highest BCUT2D eigenvalue weighted by Crippen LogP contribution is 2.19. The summed E-state index contributed by atoms with van der Waals surface area (Å²) < 4.78 is 45.5. The zero-order valence-corrected chi connectivity index (χ0v) is 16.9. The molecule has 1 fully saturated rings. The molecule has 1 aromatic rings. The third-order valence-electron chi connectivity index (χ3n) is 4.29. The first-order valence-electron chi connectivity index (χ1n) is 9.52. The van der Waals surface area contributed by atoms with Crippen molar-refractivity contribution in [1.29, 1.82) is 0 Å². The number of nitrogens with one attached hydrogen (secondary N) is 3. The Morgan fingerprint density at radius 3 is 2.72 bits per heavy atom. The van der Waals surface area contributed by atoms with E-state index >= 15 is 0 Å². The quantitative estimate of drug-likeness (QED) is 0.358. The van der Waals surface area contributed by atoms with Gasteiger partial charge in [0.1, 0.15) is 0 Å². The maximum Gasteiger partial charge on any atom is 0.243 e. The number of amides is 1. The van der Waals surface area contributed by atoms with Gasteiger partial charge in [-0.15, -0.1) is 0 Å². The minimum absolute atomic E-state index is 0.00818. The van der Waals surface area contributed by atoms with Gasteiger partial charge in [-0.25, -0.2) is 13.2 Å². The van der Waals surface area contributed by atoms with Gasteiger partial charge in [-0.05, 0) is 18.1 Å². The average molecular weight is 415 g/mol. The van der Waals surface area contributed by atoms with Crippen LogP contribution in [0.15, 0.2) is 17.1 Å². The van der Waals surface area contributed by atoms with E-state index in [-0.39, 0.29) is 12.6 Å². The highest BCUT2D eigenvalue weighted by molar-refractivity contribution is 5.95. The minimum atomic E-state index is -1.63. The molecule has 10 heteroatoms. The Balaban J connectivity index is 1.77. The molecule has 0 aromatic heterocycles. The van der Waals surface area contributed by atoms with E-state index in [4.69, 9.17) is 4.74 Å². The van der Waals surface area contributed by atoms with Crippen molar-refractivity contribution < 1.29 is 22.7 Å². The summed E-state index contributed by atoms with van der Waals surface area (Å²) in [6, 6.07) is 1.71. The molecule has 0 saturated carbocycles. The van der Waals surface area contributed by atoms with Crippen molar-refractivity contribution in [1.82, 2.24) is 15.5 Å². The van der Waals surface area contributed by atoms with Gasteiger partial charge in [0.05, 0.1) is 24.9 Å². The molecule has 1 aliphatic heterocycles. The molecule has 3 N–H and O–H groups in total. The van der Waals surface area contributed by atoms with Crippen LogP contribution in [0, 0.1) is 23.4 Å². The molecule has 162 valence electrons. The average Bonchev–Trinajstić information content (AvgIpc) is 2.68. The van der Waals surface area contributed by atoms with Gasteiger partial charge in [-0.2, -0.15) is 0 Å². The fraction of sp³-hybridized carbons (Fsp3) is 0.579. The Kier molecular flexibility index (Phi) is 8.71. The zero-order valence-electron chi connectivity index (χ0n) is 16.9. The van der Waals surface area contributed by atoms with Gasteiger partial charge in [0, 0.05) is 33.2 Å². The van der Waals surface area contributed by atoms with Crippen LogP contribution < -0.4 is 16.0 Å². The van der Waals surface area contributed by atoms with E-state index in [1.165, 1.54) is 0 Å². The van der Waals surface area contributed by atoms with Crippen LogP contribution in [0.4, 0.5) is 18.9 Å². The molecule has 1 aliphatic rings. The Morgan fingerprint density at radius 1 is 1.28 bits per heavy atom. The standard InChI is InChI=1S/C19H28F3N5O2/c1-12(2)10-27-6-7-29-13(11-27)8-24-19(23-3)25-9-16(28)26-15-5-4-14(20)17(21)18(15)22/h4-5,12-13H,6-11H2,1-3H3,(H,26,28)(H2,23,24,25). The highest BCUT2D eigenvalue weighted by Gasteiger charge is 2.21. The number of hydrogen-bond donors (Lipinski definition) is 3. The number of carbonyl (C=O) groups excluding carboxylic acids is 1. The van der Waals surface area contributed by atoms with E-state index in [1.807, 2.05) is 0 Å². The summed E-state index contributed by atoms with van der Waals surface area (Å²) in [5, 5.41) is 8.06. The number of rotatable bonds is 7. The molecule has 1 aromatic carbocycles. The monoisotopic (exact) mass is 415 g/mol. The van der Waals surface area contributed by atoms with Gasteiger partial charge in [-0.1, -0.05) is 13.8 Å². The number of nitrogens with zero attached hydrogens (tertiary/aromatic N) is 2. The number of aliphatic imine (C=N–C) groups is 1. The largest absolute Gasteiger partial charge is 0.374 e. The van der Waals surface area contributed by atoms with E-state index < -0.39 is 29.0 Å². The van der Waals surface area contributed by atoms with Gasteiger partial charge < -0.3 is 20.7 Å². The van der Waals surface area contributed by atoms with E-state index in [2.05, 4.69) is 39.7 Å². The van der Waals surface area contributed by atoms with Crippen molar-refractivity contribution in [3.05, 3.63) is 29.6 Å². The number of anilines is 1. The van der Waals surface area contributed by atoms with Crippen LogP contribution in [0.25, 0.3) is 0 Å². The predicted octanol–water partition coefficient (Wildman–Crippen LogP) is 1.56. The van der Waals surface area contributed by atoms with Crippen LogP contribution in [0.3, 0.4) is 0 Å². The van der Waals surface area contributed by atoms with Crippen molar-refractivity contribution in [3.63, 3.8) is 0 Å². The Hall–Kier alpha value is -2.33. The SMILES string of the molecule is CN=C(NCC(=O)Nc1ccc(F)c(F)c1F)NCC1CN(CC(C)C)CCO1. The summed E-state index contributed by atoms with van der Waals surface area (Å²) in [6.07, 6.45) is -0.00818. The summed E-state index contributed by atoms with van der Waals surface area (Å²) in [5.41, 5.74) is -0.431. The summed E-state index contributed by atoms with van der Waals surface area (Å²) in [6.45, 7) is 8.00. The third-order valence-corrected chi connectivity index (χ3v) is 4.29. The first-order valence-corrected chi connectivity index (χ1v) is 9.52. The molecular formula is C19H28F3N5O2. The number of benzene rings is 1. The van der Waals surface area contributed by atoms with Gasteiger partial charge in [-0.3, -0.25) is 14.7 Å². The van der Waals surface area contributed by atoms with Gasteiger partial charge in [0.25, 0.3) is 0 Å². The topological polar surface area (TPSA) is 78.0 Å². The molecule has 1 amide bonds. The summed E-state index contributed by atoms with van der Waals surface area (Å²) in [4.78, 5) is 18.3. The van der Waals surface area contributed by atoms with Crippen molar-refractivity contribution in [2.45, 2.75) is 20.0 Å². The lowest BCUT2D eigenvalue weighted by Crippen LogP contribution is -2.50. The number of carbonyl (C=O) groups is 1. The predicted molar refractivity (Wildman–Crippen MR) is 105 cm³/mol. The molecule has 0 bridgehead atoms. The Labute approximate surface area is 168 Å². The minimum Gasteiger partial charge on any atom is -0.374 e. The lowest BCUT2D eigenvalue weighted by Gasteiger charge is -2.34. The van der Waals surface area contributed by atoms with E-state index in [0.29, 0.717) is 25.0 Å². The fourth-order valence-corrected chi connectivity index (χ4v) is 3.00. The van der Waals surface area contributed by atoms with E-state index in [0.717, 1.165) is 31.8 Å². The molecule has 1 atom stereocenters. The van der Waals surface area contributed by atoms with Gasteiger partial charge in [0.2, 0.25) is 5.91 Å². The van der Waals surface area contributed by atoms with Crippen molar-refractivity contribution in [2.75, 3.05) is 51.7 Å². The molecule has 0 aliphatic carbocycles. The molecule has 29 heavy (non-hydrogen) atoms. The second-order valence-electron chi connectivity index (χ2n) is 7.22. The number of ether oxygens (including phenoxy) is 1. The summed E-state index contributed by atoms with van der Waals surface area (Å²) in [7, 11) is 1.55. The third kappa shape index (κ3) is 7.21. The lowest BCUT2D eigenvalue weighted by atomic mass is 10.2. The van der Waals surface area contributed by atoms with Crippen molar-refractivity contribution in [2.24, 2.45) is 10.9 Å². The number of halogens is 3. The smallest absolute Gasteiger partial charge is 0.243 e. The molecular weight excluding hydrogens is 387 g/mol. The molecule has 1 heterocycles. The molecule has 2 rings (SSSR count). The van der Waals surface area contributed by atoms with Crippen LogP contribution in [0.2, 0.25) is 0 Å². The van der Waals surface area contributed by atoms with Gasteiger partial charge in [0.15, 0.2) is 23.4 Å². The van der Waals surface area contributed by atoms with E-state index in [9.17, 15) is 18.0 Å². The van der Waals surface area contributed by atoms with Gasteiger partial charge >= 0.3 is 0 Å². The molecule has 0 radical (unpaired) electrons.